The van der Waals surface area contributed by atoms with Gasteiger partial charge in [-0.3, -0.25) is 10.1 Å². The fourth-order valence-corrected chi connectivity index (χ4v) is 3.96. The van der Waals surface area contributed by atoms with Crippen molar-refractivity contribution in [1.82, 2.24) is 20.1 Å². The first-order valence-corrected chi connectivity index (χ1v) is 9.66. The second-order valence-electron chi connectivity index (χ2n) is 7.46. The third-order valence-corrected chi connectivity index (χ3v) is 5.66. The third-order valence-electron chi connectivity index (χ3n) is 5.66. The van der Waals surface area contributed by atoms with E-state index >= 15 is 0 Å². The number of fused-ring (bicyclic) bond motifs is 1. The number of H-pyrrole nitrogens is 1. The van der Waals surface area contributed by atoms with E-state index in [4.69, 9.17) is 9.47 Å². The zero-order chi connectivity index (χ0) is 19.1. The Bertz CT molecular complexity index is 926. The van der Waals surface area contributed by atoms with Crippen LogP contribution in [0.15, 0.2) is 18.5 Å². The average molecular weight is 381 g/mol. The Hall–Kier alpha value is -2.87. The minimum atomic E-state index is -0.231. The highest BCUT2D eigenvalue weighted by molar-refractivity contribution is 5.92. The number of aromatic amines is 1. The molecule has 2 saturated heterocycles. The van der Waals surface area contributed by atoms with Crippen LogP contribution in [0.2, 0.25) is 0 Å². The first-order chi connectivity index (χ1) is 13.7. The van der Waals surface area contributed by atoms with Crippen molar-refractivity contribution in [1.29, 1.82) is 0 Å². The van der Waals surface area contributed by atoms with Crippen molar-refractivity contribution in [3.05, 3.63) is 41.0 Å². The van der Waals surface area contributed by atoms with Crippen LogP contribution in [0.5, 0.6) is 0 Å². The van der Waals surface area contributed by atoms with Gasteiger partial charge in [-0.15, -0.1) is 0 Å². The quantitative estimate of drug-likeness (QED) is 0.874. The van der Waals surface area contributed by atoms with Gasteiger partial charge in [0.2, 0.25) is 0 Å². The summed E-state index contributed by atoms with van der Waals surface area (Å²) >= 11 is 0. The number of nitrogens with zero attached hydrogens (tertiary/aromatic N) is 4. The molecule has 0 atom stereocenters. The number of carbonyl (C=O) groups excluding carboxylic acids is 1. The Kier molecular flexibility index (Phi) is 4.27. The minimum absolute atomic E-state index is 0.0797. The van der Waals surface area contributed by atoms with E-state index in [0.29, 0.717) is 26.3 Å². The zero-order valence-corrected chi connectivity index (χ0v) is 15.9. The summed E-state index contributed by atoms with van der Waals surface area (Å²) < 4.78 is 10.5. The number of aromatic nitrogens is 3. The summed E-state index contributed by atoms with van der Waals surface area (Å²) in [5, 5.41) is 7.15. The molecule has 3 aliphatic rings. The monoisotopic (exact) mass is 381 g/mol. The lowest BCUT2D eigenvalue weighted by molar-refractivity contribution is -0.104. The molecule has 0 bridgehead atoms. The van der Waals surface area contributed by atoms with Crippen molar-refractivity contribution in [3.8, 4) is 0 Å². The van der Waals surface area contributed by atoms with E-state index in [-0.39, 0.29) is 12.2 Å². The van der Waals surface area contributed by atoms with Gasteiger partial charge in [0.05, 0.1) is 25.1 Å². The molecule has 28 heavy (non-hydrogen) atoms. The highest BCUT2D eigenvalue weighted by Crippen LogP contribution is 2.36. The third kappa shape index (κ3) is 3.03. The maximum Gasteiger partial charge on any atom is 0.410 e. The van der Waals surface area contributed by atoms with Crippen LogP contribution in [0.3, 0.4) is 0 Å². The predicted molar refractivity (Wildman–Crippen MR) is 104 cm³/mol. The predicted octanol–water partition coefficient (Wildman–Crippen LogP) is 1.87. The topological polar surface area (TPSA) is 83.6 Å². The van der Waals surface area contributed by atoms with Gasteiger partial charge < -0.3 is 19.3 Å². The van der Waals surface area contributed by atoms with Gasteiger partial charge in [-0.1, -0.05) is 0 Å². The summed E-state index contributed by atoms with van der Waals surface area (Å²) in [5.74, 6) is 0. The first-order valence-electron chi connectivity index (χ1n) is 9.66. The molecule has 0 unspecified atom stereocenters. The van der Waals surface area contributed by atoms with Crippen molar-refractivity contribution in [2.75, 3.05) is 44.3 Å². The van der Waals surface area contributed by atoms with Gasteiger partial charge >= 0.3 is 6.09 Å². The molecular weight excluding hydrogens is 358 g/mol. The number of aryl methyl sites for hydroxylation is 1. The van der Waals surface area contributed by atoms with Crippen LogP contribution in [0.1, 0.15) is 22.5 Å². The van der Waals surface area contributed by atoms with Gasteiger partial charge in [0.25, 0.3) is 0 Å². The molecule has 1 amide bonds. The molecule has 1 N–H and O–H groups in total. The molecule has 8 nitrogen and oxygen atoms in total. The number of carbonyl (C=O) groups is 1. The summed E-state index contributed by atoms with van der Waals surface area (Å²) in [5.41, 5.74) is 6.93. The summed E-state index contributed by atoms with van der Waals surface area (Å²) in [6.07, 6.45) is 6.50. The maximum absolute atomic E-state index is 12.2. The molecule has 0 aromatic carbocycles. The van der Waals surface area contributed by atoms with Crippen molar-refractivity contribution < 1.29 is 14.3 Å². The van der Waals surface area contributed by atoms with Crippen LogP contribution in [-0.2, 0) is 15.9 Å². The summed E-state index contributed by atoms with van der Waals surface area (Å²) in [4.78, 5) is 20.9. The van der Waals surface area contributed by atoms with Gasteiger partial charge in [0, 0.05) is 61.3 Å². The van der Waals surface area contributed by atoms with E-state index < -0.39 is 0 Å². The lowest BCUT2D eigenvalue weighted by atomic mass is 10.1. The summed E-state index contributed by atoms with van der Waals surface area (Å²) in [7, 11) is 0. The number of piperazine rings is 1. The molecule has 0 spiro atoms. The molecule has 146 valence electrons. The molecule has 8 heteroatoms. The summed E-state index contributed by atoms with van der Waals surface area (Å²) in [6.45, 7) is 5.93. The molecule has 0 radical (unpaired) electrons. The van der Waals surface area contributed by atoms with Crippen LogP contribution in [0.25, 0.3) is 11.6 Å². The number of nitrogens with one attached hydrogen (secondary N) is 1. The second kappa shape index (κ2) is 6.94. The van der Waals surface area contributed by atoms with Gasteiger partial charge in [-0.2, -0.15) is 5.10 Å². The van der Waals surface area contributed by atoms with Crippen LogP contribution in [-0.4, -0.2) is 71.7 Å². The number of hydrogen-bond donors (Lipinski definition) is 1. The van der Waals surface area contributed by atoms with E-state index in [2.05, 4.69) is 32.2 Å². The van der Waals surface area contributed by atoms with E-state index in [1.54, 1.807) is 4.90 Å². The fraction of sp³-hybridized carbons (Fsp3) is 0.450. The SMILES string of the molecule is Cc1[nH]ncc1C1=Cc2c(N3CCN(C(=O)OC4COC4)CC3)ccnc2C1. The van der Waals surface area contributed by atoms with Crippen molar-refractivity contribution in [2.45, 2.75) is 19.4 Å². The molecule has 5 rings (SSSR count). The van der Waals surface area contributed by atoms with Crippen LogP contribution < -0.4 is 4.90 Å². The Morgan fingerprint density at radius 3 is 2.79 bits per heavy atom. The van der Waals surface area contributed by atoms with E-state index in [0.717, 1.165) is 36.5 Å². The van der Waals surface area contributed by atoms with Crippen molar-refractivity contribution >= 4 is 23.4 Å². The van der Waals surface area contributed by atoms with E-state index in [1.807, 2.05) is 19.3 Å². The number of pyridine rings is 1. The largest absolute Gasteiger partial charge is 0.441 e. The number of allylic oxidation sites excluding steroid dienone is 1. The second-order valence-corrected chi connectivity index (χ2v) is 7.46. The van der Waals surface area contributed by atoms with Crippen LogP contribution >= 0.6 is 0 Å². The van der Waals surface area contributed by atoms with Crippen LogP contribution in [0, 0.1) is 6.92 Å². The van der Waals surface area contributed by atoms with E-state index in [9.17, 15) is 4.79 Å². The number of anilines is 1. The minimum Gasteiger partial charge on any atom is -0.441 e. The Morgan fingerprint density at radius 1 is 1.29 bits per heavy atom. The van der Waals surface area contributed by atoms with Crippen molar-refractivity contribution in [3.63, 3.8) is 0 Å². The highest BCUT2D eigenvalue weighted by Gasteiger charge is 2.29. The Labute approximate surface area is 163 Å². The maximum atomic E-state index is 12.2. The van der Waals surface area contributed by atoms with Crippen molar-refractivity contribution in [2.24, 2.45) is 0 Å². The fourth-order valence-electron chi connectivity index (χ4n) is 3.96. The number of ether oxygens (including phenoxy) is 2. The average Bonchev–Trinajstić information content (AvgIpc) is 3.30. The zero-order valence-electron chi connectivity index (χ0n) is 15.9. The number of rotatable bonds is 3. The normalized spacial score (nSPS) is 19.2. The smallest absolute Gasteiger partial charge is 0.410 e. The van der Waals surface area contributed by atoms with E-state index in [1.165, 1.54) is 16.8 Å². The Morgan fingerprint density at radius 2 is 2.11 bits per heavy atom. The molecule has 1 aliphatic carbocycles. The molecule has 2 aromatic heterocycles. The van der Waals surface area contributed by atoms with Gasteiger partial charge in [-0.25, -0.2) is 4.79 Å². The number of hydrogen-bond acceptors (Lipinski definition) is 6. The molecule has 4 heterocycles. The van der Waals surface area contributed by atoms with Gasteiger partial charge in [-0.05, 0) is 24.6 Å². The first kappa shape index (κ1) is 17.2. The van der Waals surface area contributed by atoms with Gasteiger partial charge in [0.1, 0.15) is 0 Å². The molecule has 2 aromatic rings. The summed E-state index contributed by atoms with van der Waals surface area (Å²) in [6, 6.07) is 2.07. The Balaban J connectivity index is 1.30. The molecular formula is C20H23N5O3. The molecule has 0 saturated carbocycles. The standard InChI is InChI=1S/C20H23N5O3/c1-13-17(10-22-23-13)14-8-16-18(9-14)21-3-2-19(16)24-4-6-25(7-5-24)20(26)28-15-11-27-12-15/h2-3,8,10,15H,4-7,9,11-12H2,1H3,(H,22,23). The molecule has 2 fully saturated rings. The lowest BCUT2D eigenvalue weighted by Crippen LogP contribution is -2.51. The lowest BCUT2D eigenvalue weighted by Gasteiger charge is -2.37. The highest BCUT2D eigenvalue weighted by atomic mass is 16.6. The van der Waals surface area contributed by atoms with Crippen LogP contribution in [0.4, 0.5) is 10.5 Å². The number of amides is 1. The molecule has 2 aliphatic heterocycles. The van der Waals surface area contributed by atoms with Gasteiger partial charge in [0.15, 0.2) is 6.10 Å².